The van der Waals surface area contributed by atoms with Crippen LogP contribution in [0.25, 0.3) is 0 Å². The Morgan fingerprint density at radius 2 is 1.75 bits per heavy atom. The predicted octanol–water partition coefficient (Wildman–Crippen LogP) is 4.43. The van der Waals surface area contributed by atoms with Gasteiger partial charge in [-0.15, -0.1) is 8.58 Å². The van der Waals surface area contributed by atoms with E-state index in [1.54, 1.807) is 0 Å². The van der Waals surface area contributed by atoms with Crippen LogP contribution in [0.15, 0.2) is 0 Å². The van der Waals surface area contributed by atoms with E-state index >= 15 is 0 Å². The highest BCUT2D eigenvalue weighted by Gasteiger charge is 2.18. The van der Waals surface area contributed by atoms with Crippen LogP contribution in [0, 0.1) is 0 Å². The number of rotatable bonds is 7. The first-order valence-electron chi connectivity index (χ1n) is 5.37. The molecular formula is C11H25P. The van der Waals surface area contributed by atoms with Crippen LogP contribution in [0.4, 0.5) is 0 Å². The Balaban J connectivity index is 3.45. The quantitative estimate of drug-likeness (QED) is 0.409. The minimum absolute atomic E-state index is 0.660. The minimum Gasteiger partial charge on any atom is -0.119 e. The minimum atomic E-state index is 0.660. The lowest BCUT2D eigenvalue weighted by atomic mass is 9.99. The molecule has 0 amide bonds. The van der Waals surface area contributed by atoms with Gasteiger partial charge in [0.25, 0.3) is 0 Å². The predicted molar refractivity (Wildman–Crippen MR) is 61.7 cm³/mol. The van der Waals surface area contributed by atoms with Crippen molar-refractivity contribution in [1.29, 1.82) is 0 Å². The van der Waals surface area contributed by atoms with Gasteiger partial charge in [0.1, 0.15) is 0 Å². The van der Waals surface area contributed by atoms with Crippen molar-refractivity contribution in [2.75, 3.05) is 6.66 Å². The zero-order valence-electron chi connectivity index (χ0n) is 9.24. The lowest BCUT2D eigenvalue weighted by Gasteiger charge is -2.26. The fourth-order valence-electron chi connectivity index (χ4n) is 1.42. The lowest BCUT2D eigenvalue weighted by Crippen LogP contribution is -2.16. The summed E-state index contributed by atoms with van der Waals surface area (Å²) in [6.45, 7) is 9.40. The second kappa shape index (κ2) is 6.89. The summed E-state index contributed by atoms with van der Waals surface area (Å²) in [5, 5.41) is 0.660. The highest BCUT2D eigenvalue weighted by atomic mass is 31.1. The third-order valence-electron chi connectivity index (χ3n) is 2.97. The monoisotopic (exact) mass is 188 g/mol. The van der Waals surface area contributed by atoms with Crippen LogP contribution >= 0.6 is 8.58 Å². The van der Waals surface area contributed by atoms with Crippen LogP contribution in [0.1, 0.15) is 59.3 Å². The van der Waals surface area contributed by atoms with Crippen molar-refractivity contribution in [3.63, 3.8) is 0 Å². The molecule has 0 saturated carbocycles. The van der Waals surface area contributed by atoms with Gasteiger partial charge in [-0.2, -0.15) is 0 Å². The van der Waals surface area contributed by atoms with Gasteiger partial charge in [-0.25, -0.2) is 0 Å². The largest absolute Gasteiger partial charge is 0.119 e. The fourth-order valence-corrected chi connectivity index (χ4v) is 2.20. The topological polar surface area (TPSA) is 0 Å². The molecule has 0 bridgehead atoms. The van der Waals surface area contributed by atoms with Gasteiger partial charge in [0.05, 0.1) is 0 Å². The summed E-state index contributed by atoms with van der Waals surface area (Å²) >= 11 is 0. The van der Waals surface area contributed by atoms with Crippen molar-refractivity contribution in [3.05, 3.63) is 0 Å². The highest BCUT2D eigenvalue weighted by Crippen LogP contribution is 2.36. The van der Waals surface area contributed by atoms with Gasteiger partial charge in [0.15, 0.2) is 0 Å². The van der Waals surface area contributed by atoms with Crippen LogP contribution in [-0.4, -0.2) is 11.8 Å². The van der Waals surface area contributed by atoms with E-state index in [0.717, 1.165) is 8.58 Å². The Labute approximate surface area is 80.3 Å². The molecule has 0 nitrogen and oxygen atoms in total. The third kappa shape index (κ3) is 5.14. The maximum Gasteiger partial charge on any atom is -0.0155 e. The lowest BCUT2D eigenvalue weighted by molar-refractivity contribution is 0.514. The van der Waals surface area contributed by atoms with Gasteiger partial charge in [0, 0.05) is 0 Å². The summed E-state index contributed by atoms with van der Waals surface area (Å²) in [5.41, 5.74) is 0. The normalized spacial score (nSPS) is 17.0. The Bertz CT molecular complexity index is 95.2. The molecule has 2 atom stereocenters. The third-order valence-corrected chi connectivity index (χ3v) is 4.78. The first kappa shape index (κ1) is 12.4. The molecule has 0 aliphatic rings. The van der Waals surface area contributed by atoms with Gasteiger partial charge in [-0.05, 0) is 24.7 Å². The zero-order valence-corrected chi connectivity index (χ0v) is 10.2. The first-order chi connectivity index (χ1) is 5.68. The Morgan fingerprint density at radius 1 is 1.08 bits per heavy atom. The van der Waals surface area contributed by atoms with Crippen molar-refractivity contribution in [1.82, 2.24) is 0 Å². The summed E-state index contributed by atoms with van der Waals surface area (Å²) in [4.78, 5) is 0. The molecule has 0 heterocycles. The van der Waals surface area contributed by atoms with E-state index in [4.69, 9.17) is 0 Å². The molecule has 0 aromatic rings. The summed E-state index contributed by atoms with van der Waals surface area (Å²) in [7, 11) is 1.11. The van der Waals surface area contributed by atoms with E-state index in [-0.39, 0.29) is 0 Å². The van der Waals surface area contributed by atoms with E-state index in [1.165, 1.54) is 38.5 Å². The highest BCUT2D eigenvalue weighted by molar-refractivity contribution is 7.39. The fraction of sp³-hybridized carbons (Fsp3) is 1.00. The van der Waals surface area contributed by atoms with Gasteiger partial charge in [0.2, 0.25) is 0 Å². The van der Waals surface area contributed by atoms with Crippen molar-refractivity contribution in [3.8, 4) is 0 Å². The number of unbranched alkanes of at least 4 members (excludes halogenated alkanes) is 3. The van der Waals surface area contributed by atoms with Crippen molar-refractivity contribution >= 4 is 8.58 Å². The molecule has 12 heavy (non-hydrogen) atoms. The van der Waals surface area contributed by atoms with Crippen LogP contribution in [0.5, 0.6) is 0 Å². The van der Waals surface area contributed by atoms with Gasteiger partial charge in [-0.1, -0.05) is 46.5 Å². The molecule has 0 spiro atoms. The molecule has 0 rings (SSSR count). The summed E-state index contributed by atoms with van der Waals surface area (Å²) in [5.74, 6) is 0. The second-order valence-electron chi connectivity index (χ2n) is 3.97. The zero-order chi connectivity index (χ0) is 9.45. The second-order valence-corrected chi connectivity index (χ2v) is 5.68. The van der Waals surface area contributed by atoms with Crippen LogP contribution in [-0.2, 0) is 0 Å². The average Bonchev–Trinajstić information content (AvgIpc) is 2.12. The van der Waals surface area contributed by atoms with Gasteiger partial charge >= 0.3 is 0 Å². The van der Waals surface area contributed by atoms with Crippen LogP contribution < -0.4 is 0 Å². The van der Waals surface area contributed by atoms with Crippen molar-refractivity contribution in [2.45, 2.75) is 64.5 Å². The van der Waals surface area contributed by atoms with E-state index in [0.29, 0.717) is 5.16 Å². The smallest absolute Gasteiger partial charge is 0.0155 e. The summed E-state index contributed by atoms with van der Waals surface area (Å²) in [6, 6.07) is 0. The molecular weight excluding hydrogens is 163 g/mol. The molecule has 0 fully saturated rings. The molecule has 0 aliphatic heterocycles. The molecule has 0 aromatic carbocycles. The maximum absolute atomic E-state index is 2.44. The van der Waals surface area contributed by atoms with Crippen LogP contribution in [0.2, 0.25) is 0 Å². The van der Waals surface area contributed by atoms with Gasteiger partial charge < -0.3 is 0 Å². The van der Waals surface area contributed by atoms with E-state index in [9.17, 15) is 0 Å². The van der Waals surface area contributed by atoms with Crippen molar-refractivity contribution in [2.24, 2.45) is 0 Å². The molecule has 0 radical (unpaired) electrons. The standard InChI is InChI=1S/C11H25P/c1-5-7-8-9-10-11(3,6-2)12-4/h12H,5-10H2,1-4H3. The molecule has 0 saturated heterocycles. The molecule has 0 N–H and O–H groups in total. The number of hydrogen-bond donors (Lipinski definition) is 0. The molecule has 0 aromatic heterocycles. The Kier molecular flexibility index (Phi) is 7.14. The first-order valence-corrected chi connectivity index (χ1v) is 6.87. The van der Waals surface area contributed by atoms with E-state index in [2.05, 4.69) is 27.4 Å². The van der Waals surface area contributed by atoms with Gasteiger partial charge in [-0.3, -0.25) is 0 Å². The summed E-state index contributed by atoms with van der Waals surface area (Å²) < 4.78 is 0. The molecule has 1 heteroatoms. The molecule has 74 valence electrons. The van der Waals surface area contributed by atoms with E-state index < -0.39 is 0 Å². The Hall–Kier alpha value is 0.430. The molecule has 0 aliphatic carbocycles. The van der Waals surface area contributed by atoms with E-state index in [1.807, 2.05) is 0 Å². The maximum atomic E-state index is 2.44. The Morgan fingerprint density at radius 3 is 2.17 bits per heavy atom. The SMILES string of the molecule is CCCCCCC(C)(CC)PC. The number of hydrogen-bond acceptors (Lipinski definition) is 0. The average molecular weight is 188 g/mol. The van der Waals surface area contributed by atoms with Crippen molar-refractivity contribution < 1.29 is 0 Å². The summed E-state index contributed by atoms with van der Waals surface area (Å²) in [6.07, 6.45) is 8.46. The molecule has 2 unspecified atom stereocenters. The van der Waals surface area contributed by atoms with Crippen LogP contribution in [0.3, 0.4) is 0 Å².